The van der Waals surface area contributed by atoms with Crippen molar-refractivity contribution < 1.29 is 14.7 Å². The number of nitriles is 2. The summed E-state index contributed by atoms with van der Waals surface area (Å²) in [7, 11) is 0. The second kappa shape index (κ2) is 10.3. The Labute approximate surface area is 224 Å². The van der Waals surface area contributed by atoms with Crippen LogP contribution >= 0.6 is 0 Å². The van der Waals surface area contributed by atoms with E-state index in [0.29, 0.717) is 41.0 Å². The van der Waals surface area contributed by atoms with Gasteiger partial charge in [0.2, 0.25) is 0 Å². The van der Waals surface area contributed by atoms with Gasteiger partial charge in [0.05, 0.1) is 28.9 Å². The van der Waals surface area contributed by atoms with Gasteiger partial charge in [-0.05, 0) is 71.6 Å². The molecule has 2 aromatic carbocycles. The number of carbonyl (C=O) groups excluding carboxylic acids is 2. The van der Waals surface area contributed by atoms with E-state index in [-0.39, 0.29) is 52.3 Å². The highest BCUT2D eigenvalue weighted by Gasteiger charge is 2.42. The largest absolute Gasteiger partial charge is 0.392 e. The molecule has 0 bridgehead atoms. The zero-order valence-electron chi connectivity index (χ0n) is 22.3. The third-order valence-electron chi connectivity index (χ3n) is 9.29. The first-order valence-electron chi connectivity index (χ1n) is 13.9. The topological polar surface area (TPSA) is 102 Å². The lowest BCUT2D eigenvalue weighted by Crippen LogP contribution is -2.31. The molecule has 1 unspecified atom stereocenters. The Hall–Kier alpha value is -3.54. The SMILES string of the molecule is C=C(CO)C1Cc2c(C#N)c3c(c(C#N)c2[C@@H](CC2CCC(C)CC2)C1)C(=O)c1c(CC)cccc1C3=O. The van der Waals surface area contributed by atoms with Gasteiger partial charge in [0.15, 0.2) is 11.6 Å². The number of aliphatic hydroxyl groups excluding tert-OH is 1. The number of benzene rings is 2. The molecule has 0 saturated heterocycles. The van der Waals surface area contributed by atoms with Gasteiger partial charge in [-0.25, -0.2) is 0 Å². The number of fused-ring (bicyclic) bond motifs is 3. The third kappa shape index (κ3) is 4.11. The molecule has 2 atom stereocenters. The molecule has 5 nitrogen and oxygen atoms in total. The highest BCUT2D eigenvalue weighted by Crippen LogP contribution is 2.49. The standard InChI is InChI=1S/C33H34N2O3/c1-4-21-6-5-7-24-29(21)33(38)31-27(16-35)28-23(12-20-10-8-18(2)9-11-20)13-22(19(3)17-36)14-25(28)26(15-34)30(31)32(24)37/h5-7,18,20,22-23,36H,3-4,8-14,17H2,1-2H3/t18?,20?,22?,23-/m0/s1. The Morgan fingerprint density at radius 2 is 1.71 bits per heavy atom. The highest BCUT2D eigenvalue weighted by atomic mass is 16.3. The van der Waals surface area contributed by atoms with E-state index in [2.05, 4.69) is 25.6 Å². The first-order valence-corrected chi connectivity index (χ1v) is 13.9. The van der Waals surface area contributed by atoms with Crippen LogP contribution < -0.4 is 0 Å². The smallest absolute Gasteiger partial charge is 0.196 e. The molecule has 5 heteroatoms. The molecule has 1 N–H and O–H groups in total. The molecule has 0 radical (unpaired) electrons. The Bertz CT molecular complexity index is 1430. The fourth-order valence-electron chi connectivity index (χ4n) is 7.20. The summed E-state index contributed by atoms with van der Waals surface area (Å²) in [6, 6.07) is 9.88. The molecule has 3 aliphatic rings. The van der Waals surface area contributed by atoms with Crippen LogP contribution in [0.2, 0.25) is 0 Å². The molecule has 5 rings (SSSR count). The Morgan fingerprint density at radius 1 is 1.03 bits per heavy atom. The third-order valence-corrected chi connectivity index (χ3v) is 9.29. The summed E-state index contributed by atoms with van der Waals surface area (Å²) in [6.45, 7) is 8.19. The average Bonchev–Trinajstić information content (AvgIpc) is 2.94. The zero-order chi connectivity index (χ0) is 27.1. The van der Waals surface area contributed by atoms with E-state index in [1.807, 2.05) is 13.0 Å². The van der Waals surface area contributed by atoms with Crippen molar-refractivity contribution in [1.82, 2.24) is 0 Å². The predicted molar refractivity (Wildman–Crippen MR) is 145 cm³/mol. The molecule has 0 amide bonds. The summed E-state index contributed by atoms with van der Waals surface area (Å²) in [5, 5.41) is 30.8. The number of rotatable bonds is 5. The lowest BCUT2D eigenvalue weighted by molar-refractivity contribution is 0.0977. The van der Waals surface area contributed by atoms with Gasteiger partial charge in [-0.2, -0.15) is 10.5 Å². The number of hydrogen-bond acceptors (Lipinski definition) is 5. The zero-order valence-corrected chi connectivity index (χ0v) is 22.3. The van der Waals surface area contributed by atoms with Crippen LogP contribution in [-0.2, 0) is 12.8 Å². The molecule has 0 spiro atoms. The highest BCUT2D eigenvalue weighted by molar-refractivity contribution is 6.30. The van der Waals surface area contributed by atoms with E-state index >= 15 is 0 Å². The summed E-state index contributed by atoms with van der Waals surface area (Å²) < 4.78 is 0. The van der Waals surface area contributed by atoms with E-state index in [1.165, 1.54) is 12.8 Å². The molecule has 1 saturated carbocycles. The minimum Gasteiger partial charge on any atom is -0.392 e. The number of nitrogens with zero attached hydrogens (tertiary/aromatic N) is 2. The lowest BCUT2D eigenvalue weighted by Gasteiger charge is -2.38. The van der Waals surface area contributed by atoms with Crippen LogP contribution in [0.4, 0.5) is 0 Å². The van der Waals surface area contributed by atoms with Gasteiger partial charge in [0.25, 0.3) is 0 Å². The van der Waals surface area contributed by atoms with Crippen molar-refractivity contribution in [2.45, 2.75) is 71.1 Å². The molecule has 0 aliphatic heterocycles. The monoisotopic (exact) mass is 506 g/mol. The maximum atomic E-state index is 14.1. The van der Waals surface area contributed by atoms with Crippen molar-refractivity contribution in [2.24, 2.45) is 17.8 Å². The number of aryl methyl sites for hydroxylation is 1. The number of ketones is 2. The number of aliphatic hydroxyl groups is 1. The van der Waals surface area contributed by atoms with Crippen LogP contribution in [0.25, 0.3) is 0 Å². The summed E-state index contributed by atoms with van der Waals surface area (Å²) in [6.07, 6.45) is 7.22. The molecule has 0 aromatic heterocycles. The molecule has 38 heavy (non-hydrogen) atoms. The minimum atomic E-state index is -0.360. The normalized spacial score (nSPS) is 24.0. The van der Waals surface area contributed by atoms with Crippen LogP contribution in [0.3, 0.4) is 0 Å². The Balaban J connectivity index is 1.75. The van der Waals surface area contributed by atoms with E-state index in [9.17, 15) is 25.2 Å². The maximum absolute atomic E-state index is 14.1. The second-order valence-electron chi connectivity index (χ2n) is 11.5. The van der Waals surface area contributed by atoms with Gasteiger partial charge in [0.1, 0.15) is 12.1 Å². The fraction of sp³-hybridized carbons (Fsp3) is 0.455. The number of hydrogen-bond donors (Lipinski definition) is 1. The molecule has 3 aliphatic carbocycles. The van der Waals surface area contributed by atoms with Gasteiger partial charge in [-0.15, -0.1) is 0 Å². The first-order chi connectivity index (χ1) is 18.3. The predicted octanol–water partition coefficient (Wildman–Crippen LogP) is 6.18. The lowest BCUT2D eigenvalue weighted by atomic mass is 9.64. The Kier molecular flexibility index (Phi) is 7.08. The molecular weight excluding hydrogens is 472 g/mol. The summed E-state index contributed by atoms with van der Waals surface area (Å²) >= 11 is 0. The fourth-order valence-corrected chi connectivity index (χ4v) is 7.20. The molecule has 194 valence electrons. The van der Waals surface area contributed by atoms with Crippen molar-refractivity contribution in [1.29, 1.82) is 10.5 Å². The van der Waals surface area contributed by atoms with Crippen molar-refractivity contribution in [3.63, 3.8) is 0 Å². The quantitative estimate of drug-likeness (QED) is 0.416. The van der Waals surface area contributed by atoms with Crippen molar-refractivity contribution >= 4 is 11.6 Å². The molecule has 1 fully saturated rings. The summed E-state index contributed by atoms with van der Waals surface area (Å²) in [5.41, 5.74) is 4.31. The van der Waals surface area contributed by atoms with Gasteiger partial charge < -0.3 is 5.11 Å². The van der Waals surface area contributed by atoms with Crippen LogP contribution in [0, 0.1) is 40.4 Å². The molecule has 0 heterocycles. The molecule has 2 aromatic rings. The van der Waals surface area contributed by atoms with Gasteiger partial charge in [-0.1, -0.05) is 64.3 Å². The number of carbonyl (C=O) groups is 2. The van der Waals surface area contributed by atoms with Crippen molar-refractivity contribution in [3.8, 4) is 12.1 Å². The second-order valence-corrected chi connectivity index (χ2v) is 11.5. The van der Waals surface area contributed by atoms with Gasteiger partial charge in [0, 0.05) is 11.1 Å². The average molecular weight is 507 g/mol. The maximum Gasteiger partial charge on any atom is 0.196 e. The summed E-state index contributed by atoms with van der Waals surface area (Å²) in [4.78, 5) is 27.9. The molecular formula is C33H34N2O3. The van der Waals surface area contributed by atoms with E-state index in [4.69, 9.17) is 0 Å². The van der Waals surface area contributed by atoms with Crippen LogP contribution in [0.1, 0.15) is 118 Å². The van der Waals surface area contributed by atoms with Crippen molar-refractivity contribution in [3.05, 3.63) is 80.4 Å². The van der Waals surface area contributed by atoms with E-state index in [0.717, 1.165) is 42.7 Å². The van der Waals surface area contributed by atoms with Crippen LogP contribution in [0.5, 0.6) is 0 Å². The van der Waals surface area contributed by atoms with Crippen molar-refractivity contribution in [2.75, 3.05) is 6.61 Å². The summed E-state index contributed by atoms with van der Waals surface area (Å²) in [5.74, 6) is 0.447. The first kappa shape index (κ1) is 26.1. The minimum absolute atomic E-state index is 0.0387. The Morgan fingerprint density at radius 3 is 2.34 bits per heavy atom. The van der Waals surface area contributed by atoms with E-state index < -0.39 is 0 Å². The van der Waals surface area contributed by atoms with Gasteiger partial charge >= 0.3 is 0 Å². The van der Waals surface area contributed by atoms with E-state index in [1.54, 1.807) is 12.1 Å². The van der Waals surface area contributed by atoms with Crippen LogP contribution in [-0.4, -0.2) is 23.3 Å². The van der Waals surface area contributed by atoms with Crippen LogP contribution in [0.15, 0.2) is 30.4 Å². The van der Waals surface area contributed by atoms with Gasteiger partial charge in [-0.3, -0.25) is 9.59 Å².